The quantitative estimate of drug-likeness (QED) is 0.807. The first-order valence-corrected chi connectivity index (χ1v) is 7.90. The molecule has 1 N–H and O–H groups in total. The fourth-order valence-electron chi connectivity index (χ4n) is 3.13. The molecule has 0 aromatic heterocycles. The third-order valence-electron chi connectivity index (χ3n) is 4.38. The van der Waals surface area contributed by atoms with Crippen molar-refractivity contribution in [1.82, 2.24) is 4.90 Å². The van der Waals surface area contributed by atoms with E-state index in [-0.39, 0.29) is 18.2 Å². The van der Waals surface area contributed by atoms with Gasteiger partial charge in [-0.1, -0.05) is 6.92 Å². The molecule has 0 amide bonds. The Morgan fingerprint density at radius 3 is 2.65 bits per heavy atom. The summed E-state index contributed by atoms with van der Waals surface area (Å²) in [5, 5.41) is 9.18. The van der Waals surface area contributed by atoms with Gasteiger partial charge in [0.15, 0.2) is 0 Å². The zero-order valence-corrected chi connectivity index (χ0v) is 12.4. The van der Waals surface area contributed by atoms with Gasteiger partial charge >= 0.3 is 5.97 Å². The summed E-state index contributed by atoms with van der Waals surface area (Å²) in [4.78, 5) is 13.2. The van der Waals surface area contributed by atoms with E-state index >= 15 is 0 Å². The van der Waals surface area contributed by atoms with E-state index < -0.39 is 5.97 Å². The number of ether oxygens (including phenoxy) is 2. The molecule has 2 fully saturated rings. The van der Waals surface area contributed by atoms with Crippen LogP contribution in [0.1, 0.15) is 45.4 Å². The van der Waals surface area contributed by atoms with E-state index in [1.54, 1.807) is 0 Å². The number of hydrogen-bond donors (Lipinski definition) is 1. The molecular formula is C15H27NO4. The summed E-state index contributed by atoms with van der Waals surface area (Å²) in [6.45, 7) is 5.13. The number of likely N-dealkylation sites (tertiary alicyclic amines) is 1. The number of carboxylic acids is 1. The average Bonchev–Trinajstić information content (AvgIpc) is 2.48. The predicted octanol–water partition coefficient (Wildman–Crippen LogP) is 1.90. The summed E-state index contributed by atoms with van der Waals surface area (Å²) in [5.41, 5.74) is 0. The molecule has 2 aliphatic heterocycles. The van der Waals surface area contributed by atoms with Crippen molar-refractivity contribution in [2.24, 2.45) is 0 Å². The molecule has 5 nitrogen and oxygen atoms in total. The van der Waals surface area contributed by atoms with Crippen LogP contribution in [-0.2, 0) is 14.3 Å². The summed E-state index contributed by atoms with van der Waals surface area (Å²) in [6.07, 6.45) is 6.57. The smallest absolute Gasteiger partial charge is 0.320 e. The minimum atomic E-state index is -0.706. The molecule has 2 saturated heterocycles. The maximum absolute atomic E-state index is 11.2. The fourth-order valence-corrected chi connectivity index (χ4v) is 3.13. The largest absolute Gasteiger partial charge is 0.480 e. The molecule has 0 aliphatic carbocycles. The van der Waals surface area contributed by atoms with Gasteiger partial charge < -0.3 is 14.6 Å². The highest BCUT2D eigenvalue weighted by atomic mass is 16.5. The molecule has 20 heavy (non-hydrogen) atoms. The lowest BCUT2D eigenvalue weighted by Crippen LogP contribution is -2.47. The second kappa shape index (κ2) is 7.96. The van der Waals surface area contributed by atoms with Crippen LogP contribution in [0.15, 0.2) is 0 Å². The highest BCUT2D eigenvalue weighted by Crippen LogP contribution is 2.19. The summed E-state index contributed by atoms with van der Waals surface area (Å²) in [5.74, 6) is -0.706. The van der Waals surface area contributed by atoms with E-state index in [0.29, 0.717) is 13.0 Å². The number of carboxylic acid groups (broad SMARTS) is 1. The Hall–Kier alpha value is -0.650. The lowest BCUT2D eigenvalue weighted by atomic mass is 10.0. The van der Waals surface area contributed by atoms with Crippen molar-refractivity contribution < 1.29 is 19.4 Å². The first-order valence-electron chi connectivity index (χ1n) is 7.90. The molecular weight excluding hydrogens is 258 g/mol. The number of carbonyl (C=O) groups is 1. The van der Waals surface area contributed by atoms with Crippen LogP contribution in [0.5, 0.6) is 0 Å². The van der Waals surface area contributed by atoms with Gasteiger partial charge in [0.2, 0.25) is 0 Å². The van der Waals surface area contributed by atoms with E-state index in [1.165, 1.54) is 12.8 Å². The molecule has 0 saturated carbocycles. The van der Waals surface area contributed by atoms with Crippen LogP contribution in [0.3, 0.4) is 0 Å². The zero-order valence-electron chi connectivity index (χ0n) is 12.4. The van der Waals surface area contributed by atoms with E-state index in [4.69, 9.17) is 9.47 Å². The minimum Gasteiger partial charge on any atom is -0.480 e. The van der Waals surface area contributed by atoms with Gasteiger partial charge in [0.05, 0.1) is 18.8 Å². The second-order valence-electron chi connectivity index (χ2n) is 5.82. The lowest BCUT2D eigenvalue weighted by molar-refractivity contribution is -0.145. The van der Waals surface area contributed by atoms with Crippen LogP contribution >= 0.6 is 0 Å². The highest BCUT2D eigenvalue weighted by Gasteiger charge is 2.29. The molecule has 0 bridgehead atoms. The predicted molar refractivity (Wildman–Crippen MR) is 75.9 cm³/mol. The van der Waals surface area contributed by atoms with Crippen LogP contribution in [0.4, 0.5) is 0 Å². The molecule has 0 radical (unpaired) electrons. The van der Waals surface area contributed by atoms with Gasteiger partial charge in [-0.05, 0) is 38.5 Å². The minimum absolute atomic E-state index is 0.267. The van der Waals surface area contributed by atoms with Gasteiger partial charge in [-0.25, -0.2) is 0 Å². The average molecular weight is 285 g/mol. The summed E-state index contributed by atoms with van der Waals surface area (Å²) >= 11 is 0. The summed E-state index contributed by atoms with van der Waals surface area (Å²) in [6, 6.07) is -0.336. The first-order chi connectivity index (χ1) is 9.70. The fraction of sp³-hybridized carbons (Fsp3) is 0.933. The van der Waals surface area contributed by atoms with Crippen molar-refractivity contribution in [1.29, 1.82) is 0 Å². The number of nitrogens with zero attached hydrogens (tertiary/aromatic N) is 1. The van der Waals surface area contributed by atoms with Gasteiger partial charge in [0.1, 0.15) is 6.04 Å². The van der Waals surface area contributed by atoms with Crippen LogP contribution in [0, 0.1) is 0 Å². The Balaban J connectivity index is 1.67. The Morgan fingerprint density at radius 2 is 2.10 bits per heavy atom. The molecule has 2 aliphatic rings. The van der Waals surface area contributed by atoms with Gasteiger partial charge in [-0.15, -0.1) is 0 Å². The summed E-state index contributed by atoms with van der Waals surface area (Å²) in [7, 11) is 0. The van der Waals surface area contributed by atoms with Gasteiger partial charge in [-0.2, -0.15) is 0 Å². The topological polar surface area (TPSA) is 59.0 Å². The van der Waals surface area contributed by atoms with Crippen molar-refractivity contribution in [3.63, 3.8) is 0 Å². The normalized spacial score (nSPS) is 27.4. The lowest BCUT2D eigenvalue weighted by Gasteiger charge is -2.35. The van der Waals surface area contributed by atoms with Crippen LogP contribution in [0.2, 0.25) is 0 Å². The molecule has 116 valence electrons. The van der Waals surface area contributed by atoms with E-state index in [2.05, 4.69) is 4.90 Å². The highest BCUT2D eigenvalue weighted by molar-refractivity contribution is 5.73. The molecule has 2 rings (SSSR count). The van der Waals surface area contributed by atoms with E-state index in [9.17, 15) is 9.90 Å². The Labute approximate surface area is 121 Å². The van der Waals surface area contributed by atoms with Gasteiger partial charge in [-0.3, -0.25) is 9.69 Å². The maximum atomic E-state index is 11.2. The molecule has 5 heteroatoms. The van der Waals surface area contributed by atoms with Crippen molar-refractivity contribution in [3.8, 4) is 0 Å². The maximum Gasteiger partial charge on any atom is 0.320 e. The monoisotopic (exact) mass is 285 g/mol. The van der Waals surface area contributed by atoms with Crippen LogP contribution < -0.4 is 0 Å². The molecule has 2 atom stereocenters. The Kier molecular flexibility index (Phi) is 6.26. The second-order valence-corrected chi connectivity index (χ2v) is 5.82. The van der Waals surface area contributed by atoms with E-state index in [0.717, 1.165) is 39.0 Å². The molecule has 0 aromatic carbocycles. The van der Waals surface area contributed by atoms with Crippen molar-refractivity contribution in [2.45, 2.75) is 63.7 Å². The third kappa shape index (κ3) is 4.43. The van der Waals surface area contributed by atoms with Crippen molar-refractivity contribution in [2.75, 3.05) is 26.3 Å². The van der Waals surface area contributed by atoms with E-state index in [1.807, 2.05) is 6.92 Å². The molecule has 0 spiro atoms. The van der Waals surface area contributed by atoms with Gasteiger partial charge in [0.25, 0.3) is 0 Å². The first kappa shape index (κ1) is 15.7. The summed E-state index contributed by atoms with van der Waals surface area (Å²) < 4.78 is 11.6. The number of rotatable bonds is 6. The zero-order chi connectivity index (χ0) is 14.4. The van der Waals surface area contributed by atoms with Gasteiger partial charge in [0, 0.05) is 19.7 Å². The van der Waals surface area contributed by atoms with Crippen LogP contribution in [0.25, 0.3) is 0 Å². The van der Waals surface area contributed by atoms with Crippen molar-refractivity contribution in [3.05, 3.63) is 0 Å². The molecule has 0 aromatic rings. The van der Waals surface area contributed by atoms with Crippen molar-refractivity contribution >= 4 is 5.97 Å². The SMILES string of the molecule is CC[C@H](C(=O)O)N1CCC(OC[C@@H]2CCCCO2)CC1. The molecule has 2 heterocycles. The number of piperidine rings is 1. The third-order valence-corrected chi connectivity index (χ3v) is 4.38. The number of aliphatic carboxylic acids is 1. The standard InChI is InChI=1S/C15H27NO4/c1-2-14(15(17)18)16-8-6-12(7-9-16)20-11-13-5-3-4-10-19-13/h12-14H,2-11H2,1H3,(H,17,18)/t13-,14+/m0/s1. The van der Waals surface area contributed by atoms with Crippen LogP contribution in [-0.4, -0.2) is 60.5 Å². The molecule has 0 unspecified atom stereocenters. The Bertz CT molecular complexity index is 296. The Morgan fingerprint density at radius 1 is 1.35 bits per heavy atom. The number of hydrogen-bond acceptors (Lipinski definition) is 4.